The molecule has 106 heavy (non-hydrogen) atoms. The second kappa shape index (κ2) is 32.1. The summed E-state index contributed by atoms with van der Waals surface area (Å²) in [6.45, 7) is -3.81. The normalized spacial score (nSPS) is 11.4. The van der Waals surface area contributed by atoms with Crippen LogP contribution in [0.4, 0.5) is 11.4 Å². The maximum atomic E-state index is 16.2. The van der Waals surface area contributed by atoms with Crippen molar-refractivity contribution < 1.29 is 76.3 Å². The van der Waals surface area contributed by atoms with Gasteiger partial charge in [-0.15, -0.1) is 0 Å². The number of hydrogen-bond acceptors (Lipinski definition) is 17. The highest BCUT2D eigenvalue weighted by Crippen LogP contribution is 2.50. The number of ether oxygens (including phenoxy) is 8. The van der Waals surface area contributed by atoms with Gasteiger partial charge in [0, 0.05) is 22.5 Å². The zero-order valence-corrected chi connectivity index (χ0v) is 56.9. The van der Waals surface area contributed by atoms with Crippen LogP contribution < -0.4 is 15.7 Å². The monoisotopic (exact) mass is 1400 g/mol. The number of carbonyl (C=O) groups excluding carboxylic acids is 8. The van der Waals surface area contributed by atoms with Gasteiger partial charge in [-0.05, 0) is 115 Å². The number of benzene rings is 12. The van der Waals surface area contributed by atoms with Crippen LogP contribution in [0.1, 0.15) is 127 Å². The molecule has 12 aromatic carbocycles. The Kier molecular flexibility index (Phi) is 21.0. The van der Waals surface area contributed by atoms with Crippen molar-refractivity contribution in [2.75, 3.05) is 4.81 Å². The van der Waals surface area contributed by atoms with Gasteiger partial charge in [0.25, 0.3) is 0 Å². The van der Waals surface area contributed by atoms with Gasteiger partial charge in [-0.3, -0.25) is 0 Å². The molecule has 0 aliphatic carbocycles. The lowest BCUT2D eigenvalue weighted by atomic mass is 9.42. The molecule has 0 unspecified atom stereocenters. The lowest BCUT2D eigenvalue weighted by molar-refractivity contribution is 0.0404. The molecule has 0 atom stereocenters. The largest absolute Gasteiger partial charge is 0.457 e. The van der Waals surface area contributed by atoms with Crippen molar-refractivity contribution in [1.82, 2.24) is 0 Å². The molecule has 18 heteroatoms. The highest BCUT2D eigenvalue weighted by Gasteiger charge is 2.50. The van der Waals surface area contributed by atoms with E-state index < -0.39 is 88.0 Å². The van der Waals surface area contributed by atoms with Crippen LogP contribution in [0.15, 0.2) is 291 Å². The van der Waals surface area contributed by atoms with E-state index in [2.05, 4.69) is 0 Å². The Balaban J connectivity index is 1.08. The van der Waals surface area contributed by atoms with Gasteiger partial charge in [0.05, 0.1) is 44.5 Å². The topological polar surface area (TPSA) is 214 Å². The number of anilines is 2. The van der Waals surface area contributed by atoms with E-state index in [-0.39, 0.29) is 109 Å². The predicted octanol–water partition coefficient (Wildman–Crippen LogP) is 15.4. The maximum absolute atomic E-state index is 16.2. The summed E-state index contributed by atoms with van der Waals surface area (Å²) in [4.78, 5) is 127. The molecule has 2 heterocycles. The van der Waals surface area contributed by atoms with E-state index in [4.69, 9.17) is 37.9 Å². The van der Waals surface area contributed by atoms with Gasteiger partial charge in [-0.1, -0.05) is 243 Å². The standard InChI is InChI=1S/C88H64BNO16/c91-81(99-49-57-25-9-1-10-26-57)65-41-43-73-67(45-65)75-71(47-69(83(93)101-51-59-29-13-3-14-30-59)77(85(95)103-53-61-33-17-5-18-34-61)79(75)87(97)105-55-63-37-21-7-22-38-63)89-72-48-70(84(94)102-52-60-31-15-4-16-32-60)78(86(96)104-54-62-35-19-6-20-36-62)80(88(98)106-56-64-39-23-8-24-40-64)76(72)68-46-66(42-44-74(68)90(73)89)82(92)100-50-58-27-11-2-12-28-58/h1-48H,49-56H2. The van der Waals surface area contributed by atoms with Crippen molar-refractivity contribution in [3.8, 4) is 22.3 Å². The van der Waals surface area contributed by atoms with Gasteiger partial charge in [0.1, 0.15) is 52.9 Å². The summed E-state index contributed by atoms with van der Waals surface area (Å²) < 4.78 is 49.4. The second-order valence-corrected chi connectivity index (χ2v) is 25.0. The molecule has 0 radical (unpaired) electrons. The Labute approximate surface area is 610 Å². The molecule has 0 amide bonds. The first-order valence-corrected chi connectivity index (χ1v) is 34.1. The Morgan fingerprint density at radius 1 is 0.236 bits per heavy atom. The number of nitrogens with zero attached hydrogens (tertiary/aromatic N) is 1. The number of rotatable bonds is 24. The number of esters is 8. The molecule has 0 spiro atoms. The summed E-state index contributed by atoms with van der Waals surface area (Å²) in [6.07, 6.45) is 0. The minimum atomic E-state index is -1.48. The molecule has 0 bridgehead atoms. The molecule has 2 aliphatic rings. The van der Waals surface area contributed by atoms with Crippen molar-refractivity contribution in [3.05, 3.63) is 380 Å². The lowest BCUT2D eigenvalue weighted by Crippen LogP contribution is -2.61. The van der Waals surface area contributed by atoms with Crippen LogP contribution in [0, 0.1) is 0 Å². The van der Waals surface area contributed by atoms with Crippen LogP contribution in [0.2, 0.25) is 0 Å². The SMILES string of the molecule is O=C(OCc1ccccc1)c1ccc2c(c1)-c1c(cc(C(=O)OCc3ccccc3)c(C(=O)OCc3ccccc3)c1C(=O)OCc1ccccc1)B1c3cc(C(=O)OCc4ccccc4)c(C(=O)OCc4ccccc4)c(C(=O)OCc4ccccc4)c3-c3cc(C(=O)OCc4ccccc4)ccc3N12. The van der Waals surface area contributed by atoms with E-state index in [1.54, 1.807) is 247 Å². The average molecular weight is 1400 g/mol. The Morgan fingerprint density at radius 3 is 0.698 bits per heavy atom. The van der Waals surface area contributed by atoms with Crippen LogP contribution in [0.25, 0.3) is 22.3 Å². The zero-order chi connectivity index (χ0) is 72.9. The Hall–Kier alpha value is -13.7. The molecule has 0 aromatic heterocycles. The van der Waals surface area contributed by atoms with Crippen LogP contribution >= 0.6 is 0 Å². The smallest absolute Gasteiger partial charge is 0.340 e. The number of carbonyl (C=O) groups is 8. The third-order valence-corrected chi connectivity index (χ3v) is 18.0. The minimum absolute atomic E-state index is 0.0186. The van der Waals surface area contributed by atoms with E-state index in [0.717, 1.165) is 0 Å². The third kappa shape index (κ3) is 15.4. The van der Waals surface area contributed by atoms with E-state index in [1.807, 2.05) is 12.1 Å². The Bertz CT molecular complexity index is 4950. The van der Waals surface area contributed by atoms with Gasteiger partial charge in [-0.2, -0.15) is 0 Å². The summed E-state index contributed by atoms with van der Waals surface area (Å²) in [5.41, 5.74) is 1.99. The summed E-state index contributed by atoms with van der Waals surface area (Å²) in [6, 6.07) is 82.6. The fourth-order valence-corrected chi connectivity index (χ4v) is 13.0. The predicted molar refractivity (Wildman–Crippen MR) is 395 cm³/mol. The lowest BCUT2D eigenvalue weighted by Gasteiger charge is -2.44. The van der Waals surface area contributed by atoms with E-state index >= 15 is 28.8 Å². The minimum Gasteiger partial charge on any atom is -0.457 e. The first kappa shape index (κ1) is 69.4. The molecule has 17 nitrogen and oxygen atoms in total. The summed E-state index contributed by atoms with van der Waals surface area (Å²) in [7, 11) is 0. The van der Waals surface area contributed by atoms with Crippen LogP contribution in [0.5, 0.6) is 0 Å². The highest BCUT2D eigenvalue weighted by atomic mass is 16.6. The van der Waals surface area contributed by atoms with E-state index in [9.17, 15) is 9.59 Å². The zero-order valence-electron chi connectivity index (χ0n) is 56.9. The fourth-order valence-electron chi connectivity index (χ4n) is 13.0. The first-order valence-electron chi connectivity index (χ1n) is 34.1. The molecule has 12 aromatic rings. The van der Waals surface area contributed by atoms with Gasteiger partial charge in [0.2, 0.25) is 0 Å². The molecule has 14 rings (SSSR count). The quantitative estimate of drug-likeness (QED) is 0.0312. The molecule has 0 saturated heterocycles. The number of hydrogen-bond donors (Lipinski definition) is 0. The van der Waals surface area contributed by atoms with Crippen LogP contribution in [0.3, 0.4) is 0 Å². The third-order valence-electron chi connectivity index (χ3n) is 18.0. The maximum Gasteiger partial charge on any atom is 0.340 e. The van der Waals surface area contributed by atoms with Crippen molar-refractivity contribution in [1.29, 1.82) is 0 Å². The first-order chi connectivity index (χ1) is 51.9. The van der Waals surface area contributed by atoms with Crippen molar-refractivity contribution >= 4 is 76.9 Å². The van der Waals surface area contributed by atoms with Crippen molar-refractivity contribution in [3.63, 3.8) is 0 Å². The van der Waals surface area contributed by atoms with Gasteiger partial charge < -0.3 is 42.7 Å². The highest BCUT2D eigenvalue weighted by molar-refractivity contribution is 6.93. The van der Waals surface area contributed by atoms with E-state index in [0.29, 0.717) is 44.5 Å². The Morgan fingerprint density at radius 2 is 0.453 bits per heavy atom. The summed E-state index contributed by atoms with van der Waals surface area (Å²) in [5.74, 6) is -8.37. The van der Waals surface area contributed by atoms with Gasteiger partial charge in [0.15, 0.2) is 0 Å². The van der Waals surface area contributed by atoms with Gasteiger partial charge >= 0.3 is 54.6 Å². The molecule has 0 N–H and O–H groups in total. The van der Waals surface area contributed by atoms with Crippen molar-refractivity contribution in [2.45, 2.75) is 52.9 Å². The molecular weight excluding hydrogens is 1340 g/mol. The van der Waals surface area contributed by atoms with Crippen LogP contribution in [-0.2, 0) is 90.7 Å². The number of fused-ring (bicyclic) bond motifs is 11. The fraction of sp³-hybridized carbons (Fsp3) is 0.0909. The van der Waals surface area contributed by atoms with E-state index in [1.165, 1.54) is 36.4 Å². The summed E-state index contributed by atoms with van der Waals surface area (Å²) >= 11 is 0. The van der Waals surface area contributed by atoms with Crippen molar-refractivity contribution in [2.24, 2.45) is 0 Å². The average Bonchev–Trinajstić information content (AvgIpc) is 0.686. The molecule has 0 fully saturated rings. The molecule has 0 saturated carbocycles. The molecule has 520 valence electrons. The van der Waals surface area contributed by atoms with Crippen LogP contribution in [-0.4, -0.2) is 54.6 Å². The molecule has 2 aliphatic heterocycles. The molecular formula is C88H64BNO16. The second-order valence-electron chi connectivity index (χ2n) is 25.0. The van der Waals surface area contributed by atoms with Gasteiger partial charge in [-0.25, -0.2) is 38.4 Å². The summed E-state index contributed by atoms with van der Waals surface area (Å²) in [5, 5.41) is 0.